The maximum atomic E-state index is 11.8. The number of rotatable bonds is 1. The lowest BCUT2D eigenvalue weighted by Gasteiger charge is -2.56. The Balaban J connectivity index is 1.67. The van der Waals surface area contributed by atoms with Gasteiger partial charge in [0.25, 0.3) is 0 Å². The molecule has 1 amide bonds. The van der Waals surface area contributed by atoms with Crippen molar-refractivity contribution >= 4 is 11.9 Å². The molecule has 1 aliphatic heterocycles. The van der Waals surface area contributed by atoms with E-state index in [1.165, 1.54) is 0 Å². The molecule has 0 bridgehead atoms. The lowest BCUT2D eigenvalue weighted by molar-refractivity contribution is -0.149. The van der Waals surface area contributed by atoms with E-state index in [4.69, 9.17) is 0 Å². The van der Waals surface area contributed by atoms with Crippen molar-refractivity contribution in [2.24, 2.45) is 34.5 Å². The molecular formula is C19H27NO3. The molecule has 1 saturated heterocycles. The number of aliphatic carboxylic acids is 1. The highest BCUT2D eigenvalue weighted by molar-refractivity contribution is 5.79. The third-order valence-electron chi connectivity index (χ3n) is 7.91. The molecule has 0 aromatic carbocycles. The third-order valence-corrected chi connectivity index (χ3v) is 7.91. The van der Waals surface area contributed by atoms with Crippen molar-refractivity contribution in [1.29, 1.82) is 0 Å². The van der Waals surface area contributed by atoms with Crippen LogP contribution in [-0.4, -0.2) is 17.0 Å². The number of carboxylic acids is 1. The highest BCUT2D eigenvalue weighted by Gasteiger charge is 2.60. The molecule has 4 aliphatic rings. The molecule has 4 rings (SSSR count). The SMILES string of the molecule is C[C@]12CCC3C(CC=C4NC(=O)CC[C@@]43C)C1CCC2C(=O)O. The van der Waals surface area contributed by atoms with E-state index < -0.39 is 5.97 Å². The minimum Gasteiger partial charge on any atom is -0.481 e. The van der Waals surface area contributed by atoms with Gasteiger partial charge in [-0.05, 0) is 61.7 Å². The van der Waals surface area contributed by atoms with Crippen molar-refractivity contribution in [3.8, 4) is 0 Å². The van der Waals surface area contributed by atoms with Gasteiger partial charge in [0, 0.05) is 17.5 Å². The van der Waals surface area contributed by atoms with Crippen LogP contribution in [0.25, 0.3) is 0 Å². The second-order valence-corrected chi connectivity index (χ2v) is 8.71. The van der Waals surface area contributed by atoms with E-state index in [9.17, 15) is 14.7 Å². The number of hydrogen-bond acceptors (Lipinski definition) is 2. The van der Waals surface area contributed by atoms with E-state index in [0.717, 1.165) is 44.2 Å². The summed E-state index contributed by atoms with van der Waals surface area (Å²) in [5, 5.41) is 12.7. The standard InChI is InChI=1S/C19H27NO3/c1-18-9-7-13-11(12(18)4-5-14(18)17(22)23)3-6-15-19(13,2)10-8-16(21)20-15/h6,11-14H,3-5,7-10H2,1-2H3,(H,20,21)(H,22,23)/t11?,12?,13?,14?,18-,19+/m0/s1. The van der Waals surface area contributed by atoms with Gasteiger partial charge in [-0.3, -0.25) is 9.59 Å². The van der Waals surface area contributed by atoms with Gasteiger partial charge in [0.1, 0.15) is 0 Å². The maximum absolute atomic E-state index is 11.8. The first-order valence-corrected chi connectivity index (χ1v) is 9.09. The Hall–Kier alpha value is -1.32. The normalized spacial score (nSPS) is 48.6. The summed E-state index contributed by atoms with van der Waals surface area (Å²) in [5.41, 5.74) is 1.19. The number of piperidine rings is 1. The Morgan fingerprint density at radius 1 is 1.22 bits per heavy atom. The Morgan fingerprint density at radius 3 is 2.74 bits per heavy atom. The number of allylic oxidation sites excluding steroid dienone is 2. The number of carboxylic acid groups (broad SMARTS) is 1. The molecule has 126 valence electrons. The Kier molecular flexibility index (Phi) is 3.20. The first-order chi connectivity index (χ1) is 10.9. The van der Waals surface area contributed by atoms with Gasteiger partial charge in [0.2, 0.25) is 5.91 Å². The molecule has 0 aromatic heterocycles. The van der Waals surface area contributed by atoms with E-state index in [1.807, 2.05) is 0 Å². The fraction of sp³-hybridized carbons (Fsp3) is 0.789. The lowest BCUT2D eigenvalue weighted by Crippen LogP contribution is -2.53. The summed E-state index contributed by atoms with van der Waals surface area (Å²) in [6.07, 6.45) is 8.83. The highest BCUT2D eigenvalue weighted by atomic mass is 16.4. The molecule has 0 spiro atoms. The average molecular weight is 317 g/mol. The number of hydrogen-bond donors (Lipinski definition) is 2. The van der Waals surface area contributed by atoms with E-state index in [1.54, 1.807) is 0 Å². The van der Waals surface area contributed by atoms with Crippen LogP contribution in [0, 0.1) is 34.5 Å². The molecule has 4 heteroatoms. The topological polar surface area (TPSA) is 66.4 Å². The zero-order valence-electron chi connectivity index (χ0n) is 14.1. The molecule has 0 aromatic rings. The van der Waals surface area contributed by atoms with Gasteiger partial charge in [0.15, 0.2) is 0 Å². The highest BCUT2D eigenvalue weighted by Crippen LogP contribution is 2.65. The van der Waals surface area contributed by atoms with Crippen molar-refractivity contribution < 1.29 is 14.7 Å². The van der Waals surface area contributed by atoms with Gasteiger partial charge in [-0.25, -0.2) is 0 Å². The van der Waals surface area contributed by atoms with Crippen LogP contribution in [0.1, 0.15) is 58.8 Å². The predicted molar refractivity (Wildman–Crippen MR) is 86.4 cm³/mol. The van der Waals surface area contributed by atoms with Gasteiger partial charge in [-0.2, -0.15) is 0 Å². The van der Waals surface area contributed by atoms with Crippen LogP contribution in [0.3, 0.4) is 0 Å². The summed E-state index contributed by atoms with van der Waals surface area (Å²) in [4.78, 5) is 23.4. The van der Waals surface area contributed by atoms with E-state index in [-0.39, 0.29) is 22.7 Å². The minimum absolute atomic E-state index is 0.0351. The third kappa shape index (κ3) is 1.96. The lowest BCUT2D eigenvalue weighted by atomic mass is 9.49. The van der Waals surface area contributed by atoms with Crippen molar-refractivity contribution in [3.63, 3.8) is 0 Å². The van der Waals surface area contributed by atoms with Crippen LogP contribution in [0.5, 0.6) is 0 Å². The fourth-order valence-electron chi connectivity index (χ4n) is 6.60. The van der Waals surface area contributed by atoms with Crippen molar-refractivity contribution in [2.45, 2.75) is 58.8 Å². The largest absolute Gasteiger partial charge is 0.481 e. The summed E-state index contributed by atoms with van der Waals surface area (Å²) >= 11 is 0. The Morgan fingerprint density at radius 2 is 2.00 bits per heavy atom. The molecular weight excluding hydrogens is 290 g/mol. The summed E-state index contributed by atoms with van der Waals surface area (Å²) in [6, 6.07) is 0. The number of amides is 1. The van der Waals surface area contributed by atoms with Gasteiger partial charge >= 0.3 is 5.97 Å². The smallest absolute Gasteiger partial charge is 0.307 e. The molecule has 2 N–H and O–H groups in total. The number of fused-ring (bicyclic) bond motifs is 5. The van der Waals surface area contributed by atoms with Crippen LogP contribution in [0.2, 0.25) is 0 Å². The monoisotopic (exact) mass is 317 g/mol. The van der Waals surface area contributed by atoms with Crippen LogP contribution >= 0.6 is 0 Å². The van der Waals surface area contributed by atoms with E-state index in [0.29, 0.717) is 24.2 Å². The number of carbonyl (C=O) groups excluding carboxylic acids is 1. The zero-order chi connectivity index (χ0) is 16.4. The van der Waals surface area contributed by atoms with E-state index >= 15 is 0 Å². The Labute approximate surface area is 137 Å². The average Bonchev–Trinajstić information content (AvgIpc) is 2.85. The van der Waals surface area contributed by atoms with Gasteiger partial charge < -0.3 is 10.4 Å². The molecule has 3 aliphatic carbocycles. The number of carbonyl (C=O) groups is 2. The summed E-state index contributed by atoms with van der Waals surface area (Å²) < 4.78 is 0. The second kappa shape index (κ2) is 4.84. The summed E-state index contributed by atoms with van der Waals surface area (Å²) in [5.74, 6) is 1.08. The molecule has 23 heavy (non-hydrogen) atoms. The first kappa shape index (κ1) is 15.2. The Bertz CT molecular complexity index is 597. The van der Waals surface area contributed by atoms with Crippen molar-refractivity contribution in [1.82, 2.24) is 5.32 Å². The molecule has 4 unspecified atom stereocenters. The minimum atomic E-state index is -0.600. The van der Waals surface area contributed by atoms with Crippen molar-refractivity contribution in [2.75, 3.05) is 0 Å². The fourth-order valence-corrected chi connectivity index (χ4v) is 6.60. The van der Waals surface area contributed by atoms with Crippen molar-refractivity contribution in [3.05, 3.63) is 11.8 Å². The van der Waals surface area contributed by atoms with Crippen LogP contribution in [0.4, 0.5) is 0 Å². The van der Waals surface area contributed by atoms with Crippen LogP contribution in [0.15, 0.2) is 11.8 Å². The van der Waals surface area contributed by atoms with Gasteiger partial charge in [-0.1, -0.05) is 19.9 Å². The van der Waals surface area contributed by atoms with Gasteiger partial charge in [0.05, 0.1) is 5.92 Å². The summed E-state index contributed by atoms with van der Waals surface area (Å²) in [6.45, 7) is 4.55. The van der Waals surface area contributed by atoms with Crippen LogP contribution in [-0.2, 0) is 9.59 Å². The molecule has 3 fully saturated rings. The first-order valence-electron chi connectivity index (χ1n) is 9.09. The molecule has 1 heterocycles. The number of nitrogens with one attached hydrogen (secondary N) is 1. The molecule has 4 nitrogen and oxygen atoms in total. The van der Waals surface area contributed by atoms with E-state index in [2.05, 4.69) is 25.2 Å². The van der Waals surface area contributed by atoms with Gasteiger partial charge in [-0.15, -0.1) is 0 Å². The molecule has 6 atom stereocenters. The summed E-state index contributed by atoms with van der Waals surface area (Å²) in [7, 11) is 0. The quantitative estimate of drug-likeness (QED) is 0.779. The molecule has 0 radical (unpaired) electrons. The molecule has 2 saturated carbocycles. The zero-order valence-corrected chi connectivity index (χ0v) is 14.1. The van der Waals surface area contributed by atoms with Crippen LogP contribution < -0.4 is 5.32 Å². The predicted octanol–water partition coefficient (Wildman–Crippen LogP) is 3.33. The second-order valence-electron chi connectivity index (χ2n) is 8.71. The maximum Gasteiger partial charge on any atom is 0.307 e.